The van der Waals surface area contributed by atoms with Gasteiger partial charge in [-0.1, -0.05) is 0 Å². The molecule has 0 aliphatic carbocycles. The van der Waals surface area contributed by atoms with Crippen molar-refractivity contribution in [2.45, 2.75) is 12.5 Å². The van der Waals surface area contributed by atoms with Crippen molar-refractivity contribution < 1.29 is 41.1 Å². The van der Waals surface area contributed by atoms with E-state index in [0.717, 1.165) is 0 Å². The van der Waals surface area contributed by atoms with Gasteiger partial charge in [-0.3, -0.25) is 10.1 Å². The van der Waals surface area contributed by atoms with E-state index in [1.807, 2.05) is 5.32 Å². The first-order chi connectivity index (χ1) is 10.2. The molecule has 0 spiro atoms. The zero-order chi connectivity index (χ0) is 16.6. The number of amides is 3. The number of imide groups is 1. The van der Waals surface area contributed by atoms with Crippen molar-refractivity contribution in [3.8, 4) is 5.75 Å². The molecule has 6 nitrogen and oxygen atoms in total. The van der Waals surface area contributed by atoms with Gasteiger partial charge in [0.25, 0.3) is 0 Å². The van der Waals surface area contributed by atoms with Crippen LogP contribution in [-0.4, -0.2) is 23.9 Å². The molecule has 0 bridgehead atoms. The topological polar surface area (TPSA) is 84.5 Å². The lowest BCUT2D eigenvalue weighted by Gasteiger charge is -2.21. The van der Waals surface area contributed by atoms with Crippen LogP contribution in [0.4, 0.5) is 26.7 Å². The van der Waals surface area contributed by atoms with E-state index >= 15 is 0 Å². The van der Waals surface area contributed by atoms with Crippen LogP contribution in [0, 0.1) is 29.1 Å². The van der Waals surface area contributed by atoms with E-state index in [4.69, 9.17) is 0 Å². The lowest BCUT2D eigenvalue weighted by molar-refractivity contribution is -0.139. The summed E-state index contributed by atoms with van der Waals surface area (Å²) in [5.74, 6) is -16.0. The Balaban J connectivity index is 2.29. The first kappa shape index (κ1) is 15.7. The summed E-state index contributed by atoms with van der Waals surface area (Å²) >= 11 is 0. The van der Waals surface area contributed by atoms with Gasteiger partial charge in [0.05, 0.1) is 6.42 Å². The van der Waals surface area contributed by atoms with Crippen molar-refractivity contribution in [3.05, 3.63) is 29.1 Å². The minimum absolute atomic E-state index is 0.625. The summed E-state index contributed by atoms with van der Waals surface area (Å²) in [6.07, 6.45) is -0.625. The molecule has 22 heavy (non-hydrogen) atoms. The van der Waals surface area contributed by atoms with Crippen LogP contribution in [0.1, 0.15) is 6.42 Å². The Morgan fingerprint density at radius 2 is 1.45 bits per heavy atom. The van der Waals surface area contributed by atoms with Crippen LogP contribution in [0.25, 0.3) is 0 Å². The number of nitrogens with one attached hydrogen (secondary N) is 2. The molecule has 1 fully saturated rings. The normalized spacial score (nSPS) is 17.8. The SMILES string of the molecule is O=C1C[C@@H](C(=O)Oc2c(F)c(F)c(F)c(F)c2F)NC(=O)N1. The molecule has 118 valence electrons. The number of carbonyl (C=O) groups is 3. The number of urea groups is 1. The molecule has 1 aromatic rings. The standard InChI is InChI=1S/C11H5F5N2O4/c12-4-5(13)7(15)9(8(16)6(4)14)22-10(20)2-1-3(19)18-11(21)17-2/h2H,1H2,(H2,17,18,19,21)/t2-/m0/s1. The van der Waals surface area contributed by atoms with Crippen LogP contribution in [-0.2, 0) is 9.59 Å². The third-order valence-corrected chi connectivity index (χ3v) is 2.60. The van der Waals surface area contributed by atoms with E-state index in [9.17, 15) is 36.3 Å². The maximum absolute atomic E-state index is 13.3. The summed E-state index contributed by atoms with van der Waals surface area (Å²) in [6.45, 7) is 0. The molecule has 1 atom stereocenters. The molecule has 0 aromatic heterocycles. The van der Waals surface area contributed by atoms with Gasteiger partial charge in [-0.25, -0.2) is 22.8 Å². The minimum atomic E-state index is -2.42. The Morgan fingerprint density at radius 1 is 0.955 bits per heavy atom. The van der Waals surface area contributed by atoms with Crippen LogP contribution >= 0.6 is 0 Å². The van der Waals surface area contributed by atoms with Gasteiger partial charge in [-0.05, 0) is 0 Å². The highest BCUT2D eigenvalue weighted by Crippen LogP contribution is 2.29. The first-order valence-corrected chi connectivity index (χ1v) is 5.55. The van der Waals surface area contributed by atoms with Gasteiger partial charge in [-0.15, -0.1) is 0 Å². The molecule has 0 radical (unpaired) electrons. The van der Waals surface area contributed by atoms with Crippen molar-refractivity contribution in [2.75, 3.05) is 0 Å². The zero-order valence-electron chi connectivity index (χ0n) is 10.3. The van der Waals surface area contributed by atoms with Crippen LogP contribution in [0.3, 0.4) is 0 Å². The van der Waals surface area contributed by atoms with Crippen molar-refractivity contribution in [3.63, 3.8) is 0 Å². The molecule has 0 unspecified atom stereocenters. The molecule has 3 amide bonds. The number of carbonyl (C=O) groups excluding carboxylic acids is 3. The predicted molar refractivity (Wildman–Crippen MR) is 56.9 cm³/mol. The summed E-state index contributed by atoms with van der Waals surface area (Å²) in [6, 6.07) is -2.70. The first-order valence-electron chi connectivity index (χ1n) is 5.55. The average Bonchev–Trinajstić information content (AvgIpc) is 2.46. The van der Waals surface area contributed by atoms with Gasteiger partial charge in [0, 0.05) is 0 Å². The monoisotopic (exact) mass is 324 g/mol. The number of hydrogen-bond donors (Lipinski definition) is 2. The van der Waals surface area contributed by atoms with Crippen LogP contribution in [0.15, 0.2) is 0 Å². The molecule has 2 N–H and O–H groups in total. The van der Waals surface area contributed by atoms with Gasteiger partial charge in [0.2, 0.25) is 40.7 Å². The fourth-order valence-corrected chi connectivity index (χ4v) is 1.60. The smallest absolute Gasteiger partial charge is 0.334 e. The van der Waals surface area contributed by atoms with Gasteiger partial charge >= 0.3 is 12.0 Å². The molecular formula is C11H5F5N2O4. The highest BCUT2D eigenvalue weighted by Gasteiger charge is 2.34. The summed E-state index contributed by atoms with van der Waals surface area (Å²) in [4.78, 5) is 33.6. The quantitative estimate of drug-likeness (QED) is 0.278. The molecule has 1 aliphatic rings. The number of esters is 1. The van der Waals surface area contributed by atoms with Crippen LogP contribution in [0.2, 0.25) is 0 Å². The number of benzene rings is 1. The molecule has 0 saturated carbocycles. The Bertz CT molecular complexity index is 649. The van der Waals surface area contributed by atoms with Crippen LogP contribution in [0.5, 0.6) is 5.75 Å². The van der Waals surface area contributed by atoms with E-state index in [1.54, 1.807) is 5.32 Å². The van der Waals surface area contributed by atoms with E-state index in [0.29, 0.717) is 0 Å². The van der Waals surface area contributed by atoms with Gasteiger partial charge < -0.3 is 10.1 Å². The average molecular weight is 324 g/mol. The minimum Gasteiger partial charge on any atom is -0.418 e. The Hall–Kier alpha value is -2.72. The lowest BCUT2D eigenvalue weighted by Crippen LogP contribution is -2.56. The summed E-state index contributed by atoms with van der Waals surface area (Å²) < 4.78 is 69.4. The Kier molecular flexibility index (Phi) is 3.97. The molecular weight excluding hydrogens is 319 g/mol. The summed E-state index contributed by atoms with van der Waals surface area (Å²) in [7, 11) is 0. The third-order valence-electron chi connectivity index (χ3n) is 2.60. The second kappa shape index (κ2) is 5.58. The second-order valence-electron chi connectivity index (χ2n) is 4.10. The largest absolute Gasteiger partial charge is 0.418 e. The number of rotatable bonds is 2. The van der Waals surface area contributed by atoms with Gasteiger partial charge in [-0.2, -0.15) is 8.78 Å². The molecule has 1 aromatic carbocycles. The number of hydrogen-bond acceptors (Lipinski definition) is 4. The molecule has 1 heterocycles. The fourth-order valence-electron chi connectivity index (χ4n) is 1.60. The van der Waals surface area contributed by atoms with Gasteiger partial charge in [0.1, 0.15) is 6.04 Å². The molecule has 2 rings (SSSR count). The predicted octanol–water partition coefficient (Wildman–Crippen LogP) is 0.886. The van der Waals surface area contributed by atoms with Gasteiger partial charge in [0.15, 0.2) is 0 Å². The molecule has 11 heteroatoms. The van der Waals surface area contributed by atoms with Crippen molar-refractivity contribution in [2.24, 2.45) is 0 Å². The van der Waals surface area contributed by atoms with Crippen molar-refractivity contribution in [1.82, 2.24) is 10.6 Å². The molecule has 1 saturated heterocycles. The Morgan fingerprint density at radius 3 is 1.95 bits per heavy atom. The maximum Gasteiger partial charge on any atom is 0.334 e. The Labute approximate surface area is 118 Å². The van der Waals surface area contributed by atoms with E-state index in [2.05, 4.69) is 4.74 Å². The van der Waals surface area contributed by atoms with E-state index < -0.39 is 65.2 Å². The number of ether oxygens (including phenoxy) is 1. The number of halogens is 5. The van der Waals surface area contributed by atoms with Crippen LogP contribution < -0.4 is 15.4 Å². The van der Waals surface area contributed by atoms with E-state index in [-0.39, 0.29) is 0 Å². The second-order valence-corrected chi connectivity index (χ2v) is 4.10. The fraction of sp³-hybridized carbons (Fsp3) is 0.182. The third kappa shape index (κ3) is 2.69. The van der Waals surface area contributed by atoms with Crippen molar-refractivity contribution in [1.29, 1.82) is 0 Å². The van der Waals surface area contributed by atoms with E-state index in [1.165, 1.54) is 0 Å². The highest BCUT2D eigenvalue weighted by molar-refractivity contribution is 6.01. The zero-order valence-corrected chi connectivity index (χ0v) is 10.3. The lowest BCUT2D eigenvalue weighted by atomic mass is 10.1. The maximum atomic E-state index is 13.3. The highest BCUT2D eigenvalue weighted by atomic mass is 19.2. The molecule has 1 aliphatic heterocycles. The van der Waals surface area contributed by atoms with Crippen molar-refractivity contribution >= 4 is 17.9 Å². The summed E-state index contributed by atoms with van der Waals surface area (Å²) in [5.41, 5.74) is 0. The summed E-state index contributed by atoms with van der Waals surface area (Å²) in [5, 5.41) is 3.66.